The minimum Gasteiger partial charge on any atom is -0.389 e. The van der Waals surface area contributed by atoms with Crippen molar-refractivity contribution in [2.45, 2.75) is 4.90 Å². The van der Waals surface area contributed by atoms with Crippen molar-refractivity contribution in [2.75, 3.05) is 4.72 Å². The monoisotopic (exact) mass is 328 g/mol. The summed E-state index contributed by atoms with van der Waals surface area (Å²) in [5.41, 5.74) is 5.39. The molecule has 0 bridgehead atoms. The van der Waals surface area contributed by atoms with Crippen molar-refractivity contribution in [1.29, 1.82) is 0 Å². The van der Waals surface area contributed by atoms with Crippen molar-refractivity contribution in [2.24, 2.45) is 5.73 Å². The highest BCUT2D eigenvalue weighted by Crippen LogP contribution is 2.21. The lowest BCUT2D eigenvalue weighted by atomic mass is 10.2. The van der Waals surface area contributed by atoms with Gasteiger partial charge in [-0.05, 0) is 18.2 Å². The average Bonchev–Trinajstić information content (AvgIpc) is 2.36. The Hall–Kier alpha value is -2.06. The molecule has 3 N–H and O–H groups in total. The third kappa shape index (κ3) is 3.53. The van der Waals surface area contributed by atoms with Crippen LogP contribution in [0.2, 0.25) is 0 Å². The minimum absolute atomic E-state index is 0.0959. The van der Waals surface area contributed by atoms with Crippen LogP contribution in [0.25, 0.3) is 0 Å². The number of rotatable bonds is 4. The second-order valence-electron chi connectivity index (χ2n) is 4.12. The number of hydrogen-bond acceptors (Lipinski definition) is 3. The van der Waals surface area contributed by atoms with Crippen LogP contribution in [-0.2, 0) is 10.0 Å². The van der Waals surface area contributed by atoms with Gasteiger partial charge in [-0.15, -0.1) is 0 Å². The molecular formula is C13H10F2N2O2S2. The molecule has 0 aromatic heterocycles. The molecule has 0 radical (unpaired) electrons. The lowest BCUT2D eigenvalue weighted by Crippen LogP contribution is -2.19. The van der Waals surface area contributed by atoms with Crippen LogP contribution < -0.4 is 10.5 Å². The molecule has 8 heteroatoms. The molecule has 0 aliphatic rings. The van der Waals surface area contributed by atoms with Gasteiger partial charge in [0.2, 0.25) is 0 Å². The van der Waals surface area contributed by atoms with E-state index in [1.54, 1.807) is 6.07 Å². The highest BCUT2D eigenvalue weighted by molar-refractivity contribution is 7.93. The van der Waals surface area contributed by atoms with Crippen LogP contribution in [-0.4, -0.2) is 13.4 Å². The largest absolute Gasteiger partial charge is 0.389 e. The van der Waals surface area contributed by atoms with Crippen LogP contribution in [0.1, 0.15) is 5.56 Å². The second kappa shape index (κ2) is 5.74. The number of nitrogens with two attached hydrogens (primary N) is 1. The maximum atomic E-state index is 13.1. The first-order valence-electron chi connectivity index (χ1n) is 5.67. The molecule has 0 atom stereocenters. The Balaban J connectivity index is 2.46. The van der Waals surface area contributed by atoms with Crippen LogP contribution in [0, 0.1) is 11.6 Å². The molecule has 0 spiro atoms. The molecule has 4 nitrogen and oxygen atoms in total. The molecule has 2 aromatic carbocycles. The molecule has 0 amide bonds. The SMILES string of the molecule is NC(=S)c1ccccc1S(=O)(=O)Nc1cc(F)cc(F)c1. The van der Waals surface area contributed by atoms with Crippen molar-refractivity contribution >= 4 is 32.9 Å². The van der Waals surface area contributed by atoms with E-state index in [0.29, 0.717) is 6.07 Å². The second-order valence-corrected chi connectivity index (χ2v) is 6.21. The topological polar surface area (TPSA) is 72.2 Å². The van der Waals surface area contributed by atoms with Crippen molar-refractivity contribution in [3.63, 3.8) is 0 Å². The van der Waals surface area contributed by atoms with E-state index < -0.39 is 21.7 Å². The van der Waals surface area contributed by atoms with E-state index in [4.69, 9.17) is 18.0 Å². The average molecular weight is 328 g/mol. The summed E-state index contributed by atoms with van der Waals surface area (Å²) in [5, 5.41) is 0. The van der Waals surface area contributed by atoms with E-state index in [1.165, 1.54) is 18.2 Å². The van der Waals surface area contributed by atoms with E-state index >= 15 is 0 Å². The normalized spacial score (nSPS) is 11.1. The van der Waals surface area contributed by atoms with Crippen LogP contribution in [0.3, 0.4) is 0 Å². The van der Waals surface area contributed by atoms with Gasteiger partial charge in [-0.2, -0.15) is 0 Å². The standard InChI is InChI=1S/C13H10F2N2O2S2/c14-8-5-9(15)7-10(6-8)17-21(18,19)12-4-2-1-3-11(12)13(16)20/h1-7,17H,(H2,16,20). The number of nitrogens with one attached hydrogen (secondary N) is 1. The van der Waals surface area contributed by atoms with Crippen molar-refractivity contribution < 1.29 is 17.2 Å². The first kappa shape index (κ1) is 15.3. The summed E-state index contributed by atoms with van der Waals surface area (Å²) >= 11 is 4.79. The van der Waals surface area contributed by atoms with Gasteiger partial charge in [0.15, 0.2) is 0 Å². The maximum absolute atomic E-state index is 13.1. The van der Waals surface area contributed by atoms with Crippen LogP contribution >= 0.6 is 12.2 Å². The van der Waals surface area contributed by atoms with Gasteiger partial charge >= 0.3 is 0 Å². The zero-order chi connectivity index (χ0) is 15.6. The van der Waals surface area contributed by atoms with E-state index in [1.807, 2.05) is 0 Å². The Kier molecular flexibility index (Phi) is 4.19. The molecule has 21 heavy (non-hydrogen) atoms. The molecule has 110 valence electrons. The number of sulfonamides is 1. The molecule has 0 saturated carbocycles. The first-order chi connectivity index (χ1) is 9.79. The fourth-order valence-electron chi connectivity index (χ4n) is 1.73. The summed E-state index contributed by atoms with van der Waals surface area (Å²) in [6, 6.07) is 8.18. The van der Waals surface area contributed by atoms with Gasteiger partial charge in [-0.25, -0.2) is 17.2 Å². The summed E-state index contributed by atoms with van der Waals surface area (Å²) in [4.78, 5) is -0.261. The van der Waals surface area contributed by atoms with Gasteiger partial charge in [0.25, 0.3) is 10.0 Å². The Bertz CT molecular complexity index is 787. The van der Waals surface area contributed by atoms with Crippen molar-refractivity contribution in [3.8, 4) is 0 Å². The summed E-state index contributed by atoms with van der Waals surface area (Å²) in [7, 11) is -4.07. The summed E-state index contributed by atoms with van der Waals surface area (Å²) in [5.74, 6) is -1.79. The predicted molar refractivity (Wildman–Crippen MR) is 79.5 cm³/mol. The van der Waals surface area contributed by atoms with Crippen molar-refractivity contribution in [3.05, 3.63) is 59.7 Å². The Morgan fingerprint density at radius 3 is 2.24 bits per heavy atom. The molecule has 0 heterocycles. The molecule has 2 aromatic rings. The Morgan fingerprint density at radius 2 is 1.67 bits per heavy atom. The summed E-state index contributed by atoms with van der Waals surface area (Å²) in [6.45, 7) is 0. The third-order valence-corrected chi connectivity index (χ3v) is 4.22. The number of halogens is 2. The van der Waals surface area contributed by atoms with Gasteiger partial charge in [0, 0.05) is 11.6 Å². The number of benzene rings is 2. The summed E-state index contributed by atoms with van der Waals surface area (Å²) in [6.07, 6.45) is 0. The highest BCUT2D eigenvalue weighted by Gasteiger charge is 2.20. The van der Waals surface area contributed by atoms with Gasteiger partial charge in [0.1, 0.15) is 16.6 Å². The number of thiocarbonyl (C=S) groups is 1. The fraction of sp³-hybridized carbons (Fsp3) is 0. The summed E-state index contributed by atoms with van der Waals surface area (Å²) < 4.78 is 52.8. The molecule has 2 rings (SSSR count). The number of anilines is 1. The molecule has 0 unspecified atom stereocenters. The fourth-order valence-corrected chi connectivity index (χ4v) is 3.23. The predicted octanol–water partition coefficient (Wildman–Crippen LogP) is 2.40. The highest BCUT2D eigenvalue weighted by atomic mass is 32.2. The van der Waals surface area contributed by atoms with Gasteiger partial charge < -0.3 is 5.73 Å². The maximum Gasteiger partial charge on any atom is 0.262 e. The lowest BCUT2D eigenvalue weighted by Gasteiger charge is -2.11. The Morgan fingerprint density at radius 1 is 1.10 bits per heavy atom. The van der Waals surface area contributed by atoms with E-state index in [9.17, 15) is 17.2 Å². The minimum atomic E-state index is -4.07. The molecule has 0 aliphatic heterocycles. The molecule has 0 fully saturated rings. The van der Waals surface area contributed by atoms with E-state index in [-0.39, 0.29) is 21.1 Å². The van der Waals surface area contributed by atoms with Crippen LogP contribution in [0.5, 0.6) is 0 Å². The first-order valence-corrected chi connectivity index (χ1v) is 7.56. The zero-order valence-corrected chi connectivity index (χ0v) is 12.1. The number of hydrogen-bond donors (Lipinski definition) is 2. The van der Waals surface area contributed by atoms with Gasteiger partial charge in [-0.3, -0.25) is 4.72 Å². The van der Waals surface area contributed by atoms with E-state index in [2.05, 4.69) is 4.72 Å². The molecule has 0 aliphatic carbocycles. The van der Waals surface area contributed by atoms with Gasteiger partial charge in [-0.1, -0.05) is 30.4 Å². The van der Waals surface area contributed by atoms with Gasteiger partial charge in [0.05, 0.1) is 10.6 Å². The van der Waals surface area contributed by atoms with Crippen molar-refractivity contribution in [1.82, 2.24) is 0 Å². The third-order valence-electron chi connectivity index (χ3n) is 2.56. The molecular weight excluding hydrogens is 318 g/mol. The van der Waals surface area contributed by atoms with Crippen LogP contribution in [0.15, 0.2) is 47.4 Å². The Labute approximate surface area is 125 Å². The van der Waals surface area contributed by atoms with E-state index in [0.717, 1.165) is 12.1 Å². The van der Waals surface area contributed by atoms with Crippen LogP contribution in [0.4, 0.5) is 14.5 Å². The molecule has 0 saturated heterocycles. The zero-order valence-electron chi connectivity index (χ0n) is 10.5. The quantitative estimate of drug-likeness (QED) is 0.846. The lowest BCUT2D eigenvalue weighted by molar-refractivity contribution is 0.584. The smallest absolute Gasteiger partial charge is 0.262 e.